The van der Waals surface area contributed by atoms with Crippen molar-refractivity contribution in [1.29, 1.82) is 0 Å². The summed E-state index contributed by atoms with van der Waals surface area (Å²) in [5, 5.41) is 5.51. The van der Waals surface area contributed by atoms with E-state index in [1.54, 1.807) is 36.4 Å². The van der Waals surface area contributed by atoms with E-state index in [2.05, 4.69) is 25.6 Å². The SMILES string of the molecule is CC(N)c1ccc(Nc2ncc(C(F)(F)F)c(NCc3cccnc3N(C)S(C)(=O)=O)n2)cc1. The summed E-state index contributed by atoms with van der Waals surface area (Å²) in [4.78, 5) is 11.8. The average molecular weight is 496 g/mol. The Labute approximate surface area is 195 Å². The van der Waals surface area contributed by atoms with Crippen molar-refractivity contribution in [2.24, 2.45) is 5.73 Å². The number of pyridine rings is 1. The van der Waals surface area contributed by atoms with Gasteiger partial charge in [0.25, 0.3) is 0 Å². The van der Waals surface area contributed by atoms with Crippen molar-refractivity contribution in [3.05, 3.63) is 65.5 Å². The molecule has 13 heteroatoms. The second-order valence-corrected chi connectivity index (χ2v) is 9.57. The van der Waals surface area contributed by atoms with Crippen LogP contribution in [0.2, 0.25) is 0 Å². The molecule has 0 aliphatic rings. The minimum Gasteiger partial charge on any atom is -0.365 e. The van der Waals surface area contributed by atoms with Gasteiger partial charge in [0, 0.05) is 43.3 Å². The fraction of sp³-hybridized carbons (Fsp3) is 0.286. The van der Waals surface area contributed by atoms with Crippen LogP contribution in [0.15, 0.2) is 48.8 Å². The normalized spacial score (nSPS) is 12.8. The third-order valence-electron chi connectivity index (χ3n) is 4.90. The van der Waals surface area contributed by atoms with E-state index in [1.807, 2.05) is 6.92 Å². The van der Waals surface area contributed by atoms with Crippen molar-refractivity contribution >= 4 is 33.3 Å². The van der Waals surface area contributed by atoms with Crippen LogP contribution < -0.4 is 20.7 Å². The van der Waals surface area contributed by atoms with E-state index in [-0.39, 0.29) is 24.4 Å². The Kier molecular flexibility index (Phi) is 7.26. The molecule has 3 rings (SSSR count). The van der Waals surface area contributed by atoms with Gasteiger partial charge in [0.15, 0.2) is 0 Å². The molecule has 2 heterocycles. The first-order chi connectivity index (χ1) is 15.9. The number of rotatable bonds is 8. The standard InChI is InChI=1S/C21H24F3N7O2S/c1-13(25)14-6-8-16(9-7-14)29-20-28-12-17(21(22,23)24)18(30-20)27-11-15-5-4-10-26-19(15)31(2)34(3,32)33/h4-10,12-13H,11,25H2,1-3H3,(H2,27,28,29,30). The molecule has 2 aromatic heterocycles. The number of aromatic nitrogens is 3. The van der Waals surface area contributed by atoms with Crippen molar-refractivity contribution in [3.8, 4) is 0 Å². The van der Waals surface area contributed by atoms with E-state index in [0.29, 0.717) is 17.4 Å². The maximum absolute atomic E-state index is 13.6. The van der Waals surface area contributed by atoms with Crippen LogP contribution in [0.25, 0.3) is 0 Å². The molecule has 34 heavy (non-hydrogen) atoms. The second-order valence-electron chi connectivity index (χ2n) is 7.56. The molecule has 1 unspecified atom stereocenters. The van der Waals surface area contributed by atoms with Gasteiger partial charge in [-0.1, -0.05) is 18.2 Å². The molecule has 0 saturated heterocycles. The quantitative estimate of drug-likeness (QED) is 0.432. The fourth-order valence-electron chi connectivity index (χ4n) is 2.97. The molecule has 0 fully saturated rings. The highest BCUT2D eigenvalue weighted by molar-refractivity contribution is 7.92. The van der Waals surface area contributed by atoms with E-state index in [9.17, 15) is 21.6 Å². The van der Waals surface area contributed by atoms with E-state index in [1.165, 1.54) is 13.2 Å². The molecule has 0 bridgehead atoms. The van der Waals surface area contributed by atoms with Gasteiger partial charge in [-0.25, -0.2) is 18.4 Å². The summed E-state index contributed by atoms with van der Waals surface area (Å²) in [5.41, 5.74) is 6.59. The predicted molar refractivity (Wildman–Crippen MR) is 124 cm³/mol. The molecule has 1 atom stereocenters. The smallest absolute Gasteiger partial charge is 0.365 e. The lowest BCUT2D eigenvalue weighted by Gasteiger charge is -2.20. The number of nitrogens with two attached hydrogens (primary N) is 1. The molecular weight excluding hydrogens is 471 g/mol. The van der Waals surface area contributed by atoms with Gasteiger partial charge in [-0.05, 0) is 30.7 Å². The number of alkyl halides is 3. The summed E-state index contributed by atoms with van der Waals surface area (Å²) in [7, 11) is -2.31. The Hall–Kier alpha value is -3.45. The van der Waals surface area contributed by atoms with Crippen LogP contribution >= 0.6 is 0 Å². The van der Waals surface area contributed by atoms with Crippen LogP contribution in [0, 0.1) is 0 Å². The molecule has 182 valence electrons. The van der Waals surface area contributed by atoms with E-state index in [4.69, 9.17) is 5.73 Å². The third kappa shape index (κ3) is 6.11. The number of sulfonamides is 1. The van der Waals surface area contributed by atoms with Crippen molar-refractivity contribution in [2.45, 2.75) is 25.7 Å². The average Bonchev–Trinajstić information content (AvgIpc) is 2.76. The minimum absolute atomic E-state index is 0.0521. The lowest BCUT2D eigenvalue weighted by Crippen LogP contribution is -2.27. The molecule has 1 aromatic carbocycles. The number of anilines is 4. The summed E-state index contributed by atoms with van der Waals surface area (Å²) >= 11 is 0. The van der Waals surface area contributed by atoms with Crippen molar-refractivity contribution in [2.75, 3.05) is 28.2 Å². The van der Waals surface area contributed by atoms with Crippen molar-refractivity contribution in [1.82, 2.24) is 15.0 Å². The zero-order chi connectivity index (χ0) is 25.1. The predicted octanol–water partition coefficient (Wildman–Crippen LogP) is 3.66. The summed E-state index contributed by atoms with van der Waals surface area (Å²) in [6, 6.07) is 9.97. The monoisotopic (exact) mass is 495 g/mol. The molecule has 0 spiro atoms. The van der Waals surface area contributed by atoms with Gasteiger partial charge >= 0.3 is 6.18 Å². The van der Waals surface area contributed by atoms with Crippen molar-refractivity contribution in [3.63, 3.8) is 0 Å². The summed E-state index contributed by atoms with van der Waals surface area (Å²) in [5.74, 6) is -0.426. The van der Waals surface area contributed by atoms with Gasteiger partial charge in [-0.15, -0.1) is 0 Å². The molecule has 0 amide bonds. The highest BCUT2D eigenvalue weighted by Gasteiger charge is 2.35. The van der Waals surface area contributed by atoms with Gasteiger partial charge in [0.05, 0.1) is 6.26 Å². The lowest BCUT2D eigenvalue weighted by atomic mass is 10.1. The van der Waals surface area contributed by atoms with Gasteiger partial charge in [0.2, 0.25) is 16.0 Å². The number of nitrogens with one attached hydrogen (secondary N) is 2. The van der Waals surface area contributed by atoms with Crippen LogP contribution in [0.5, 0.6) is 0 Å². The van der Waals surface area contributed by atoms with Crippen LogP contribution in [-0.4, -0.2) is 36.7 Å². The van der Waals surface area contributed by atoms with Gasteiger partial charge in [-0.3, -0.25) is 4.31 Å². The maximum Gasteiger partial charge on any atom is 0.421 e. The van der Waals surface area contributed by atoms with E-state index >= 15 is 0 Å². The Balaban J connectivity index is 1.89. The van der Waals surface area contributed by atoms with Gasteiger partial charge < -0.3 is 16.4 Å². The zero-order valence-electron chi connectivity index (χ0n) is 18.6. The molecule has 0 radical (unpaired) electrons. The van der Waals surface area contributed by atoms with E-state index in [0.717, 1.165) is 16.1 Å². The Bertz CT molecular complexity index is 1250. The Morgan fingerprint density at radius 1 is 1.15 bits per heavy atom. The number of nitrogens with zero attached hydrogens (tertiary/aromatic N) is 4. The number of hydrogen-bond donors (Lipinski definition) is 3. The largest absolute Gasteiger partial charge is 0.421 e. The molecule has 0 aliphatic carbocycles. The minimum atomic E-state index is -4.71. The Morgan fingerprint density at radius 3 is 2.41 bits per heavy atom. The first-order valence-electron chi connectivity index (χ1n) is 10.0. The molecular formula is C21H24F3N7O2S. The molecule has 0 saturated carbocycles. The summed E-state index contributed by atoms with van der Waals surface area (Å²) in [6.45, 7) is 1.67. The summed E-state index contributed by atoms with van der Waals surface area (Å²) < 4.78 is 65.4. The highest BCUT2D eigenvalue weighted by Crippen LogP contribution is 2.34. The zero-order valence-corrected chi connectivity index (χ0v) is 19.4. The second kappa shape index (κ2) is 9.81. The topological polar surface area (TPSA) is 126 Å². The number of halogens is 3. The molecule has 3 aromatic rings. The molecule has 9 nitrogen and oxygen atoms in total. The maximum atomic E-state index is 13.6. The molecule has 0 aliphatic heterocycles. The number of benzene rings is 1. The molecule has 4 N–H and O–H groups in total. The first kappa shape index (κ1) is 25.2. The summed E-state index contributed by atoms with van der Waals surface area (Å²) in [6.07, 6.45) is -1.63. The van der Waals surface area contributed by atoms with Crippen LogP contribution in [-0.2, 0) is 22.7 Å². The number of hydrogen-bond acceptors (Lipinski definition) is 8. The third-order valence-corrected chi connectivity index (χ3v) is 6.06. The van der Waals surface area contributed by atoms with Crippen LogP contribution in [0.1, 0.15) is 29.7 Å². The lowest BCUT2D eigenvalue weighted by molar-refractivity contribution is -0.137. The highest BCUT2D eigenvalue weighted by atomic mass is 32.2. The van der Waals surface area contributed by atoms with Gasteiger partial charge in [0.1, 0.15) is 17.2 Å². The van der Waals surface area contributed by atoms with Crippen LogP contribution in [0.3, 0.4) is 0 Å². The van der Waals surface area contributed by atoms with Crippen LogP contribution in [0.4, 0.5) is 36.4 Å². The Morgan fingerprint density at radius 2 is 1.82 bits per heavy atom. The fourth-order valence-corrected chi connectivity index (χ4v) is 3.45. The van der Waals surface area contributed by atoms with Crippen molar-refractivity contribution < 1.29 is 21.6 Å². The van der Waals surface area contributed by atoms with E-state index < -0.39 is 27.6 Å². The van der Waals surface area contributed by atoms with Gasteiger partial charge in [-0.2, -0.15) is 18.2 Å². The first-order valence-corrected chi connectivity index (χ1v) is 11.9.